The van der Waals surface area contributed by atoms with Gasteiger partial charge in [0.15, 0.2) is 5.82 Å². The Morgan fingerprint density at radius 1 is 1.14 bits per heavy atom. The third kappa shape index (κ3) is 2.30. The molecule has 2 aromatic heterocycles. The van der Waals surface area contributed by atoms with Crippen molar-refractivity contribution >= 4 is 5.95 Å². The summed E-state index contributed by atoms with van der Waals surface area (Å²) >= 11 is 0. The summed E-state index contributed by atoms with van der Waals surface area (Å²) in [6.07, 6.45) is -1.05. The van der Waals surface area contributed by atoms with Crippen molar-refractivity contribution in [2.45, 2.75) is 38.0 Å². The average Bonchev–Trinajstić information content (AvgIpc) is 3.26. The standard InChI is InChI=1S/C13H13F3N6/c14-13(15,16)9-3-4-17-12(18-9)21-5-6-22-10(7-21)19-20-11(22)8-1-2-8/h3-4,8H,1-2,5-7H2. The SMILES string of the molecule is FC(F)(F)c1ccnc(N2CCn3c(nnc3C3CC3)C2)n1. The van der Waals surface area contributed by atoms with Crippen LogP contribution >= 0.6 is 0 Å². The molecule has 9 heteroatoms. The van der Waals surface area contributed by atoms with Gasteiger partial charge in [-0.1, -0.05) is 0 Å². The number of aromatic nitrogens is 5. The summed E-state index contributed by atoms with van der Waals surface area (Å²) < 4.78 is 40.3. The van der Waals surface area contributed by atoms with Crippen LogP contribution in [0, 0.1) is 0 Å². The number of rotatable bonds is 2. The minimum Gasteiger partial charge on any atom is -0.331 e. The Morgan fingerprint density at radius 2 is 1.95 bits per heavy atom. The summed E-state index contributed by atoms with van der Waals surface area (Å²) in [6.45, 7) is 1.57. The van der Waals surface area contributed by atoms with Gasteiger partial charge in [-0.05, 0) is 18.9 Å². The second-order valence-electron chi connectivity index (χ2n) is 5.56. The molecule has 3 heterocycles. The quantitative estimate of drug-likeness (QED) is 0.849. The Hall–Kier alpha value is -2.19. The molecule has 6 nitrogen and oxygen atoms in total. The topological polar surface area (TPSA) is 59.7 Å². The summed E-state index contributed by atoms with van der Waals surface area (Å²) in [5.74, 6) is 2.34. The summed E-state index contributed by atoms with van der Waals surface area (Å²) in [7, 11) is 0. The van der Waals surface area contributed by atoms with E-state index in [9.17, 15) is 13.2 Å². The predicted molar refractivity (Wildman–Crippen MR) is 70.1 cm³/mol. The van der Waals surface area contributed by atoms with Crippen LogP contribution in [0.5, 0.6) is 0 Å². The minimum atomic E-state index is -4.47. The van der Waals surface area contributed by atoms with E-state index in [0.29, 0.717) is 25.6 Å². The van der Waals surface area contributed by atoms with Gasteiger partial charge in [0.05, 0.1) is 6.54 Å². The third-order valence-corrected chi connectivity index (χ3v) is 3.94. The fourth-order valence-electron chi connectivity index (χ4n) is 2.65. The Balaban J connectivity index is 1.59. The first-order valence-corrected chi connectivity index (χ1v) is 7.09. The molecule has 1 saturated carbocycles. The van der Waals surface area contributed by atoms with E-state index in [0.717, 1.165) is 36.8 Å². The Bertz CT molecular complexity index is 706. The maximum atomic E-state index is 12.7. The molecule has 2 aromatic rings. The van der Waals surface area contributed by atoms with Crippen LogP contribution in [0.1, 0.15) is 36.1 Å². The maximum absolute atomic E-state index is 12.7. The van der Waals surface area contributed by atoms with E-state index in [1.54, 1.807) is 4.90 Å². The highest BCUT2D eigenvalue weighted by atomic mass is 19.4. The van der Waals surface area contributed by atoms with E-state index < -0.39 is 11.9 Å². The molecule has 0 radical (unpaired) electrons. The molecule has 1 fully saturated rings. The van der Waals surface area contributed by atoms with E-state index in [4.69, 9.17) is 0 Å². The van der Waals surface area contributed by atoms with Gasteiger partial charge in [0.2, 0.25) is 5.95 Å². The van der Waals surface area contributed by atoms with Crippen molar-refractivity contribution in [3.05, 3.63) is 29.6 Å². The molecule has 0 atom stereocenters. The van der Waals surface area contributed by atoms with E-state index in [-0.39, 0.29) is 5.95 Å². The van der Waals surface area contributed by atoms with Gasteiger partial charge in [0.25, 0.3) is 0 Å². The number of nitrogens with zero attached hydrogens (tertiary/aromatic N) is 6. The average molecular weight is 310 g/mol. The van der Waals surface area contributed by atoms with Crippen molar-refractivity contribution in [1.82, 2.24) is 24.7 Å². The molecule has 1 aliphatic heterocycles. The van der Waals surface area contributed by atoms with E-state index in [2.05, 4.69) is 24.7 Å². The lowest BCUT2D eigenvalue weighted by atomic mass is 10.3. The summed E-state index contributed by atoms with van der Waals surface area (Å²) in [5, 5.41) is 8.37. The van der Waals surface area contributed by atoms with Gasteiger partial charge in [0, 0.05) is 25.2 Å². The molecule has 0 N–H and O–H groups in total. The molecular formula is C13H13F3N6. The van der Waals surface area contributed by atoms with E-state index in [1.807, 2.05) is 0 Å². The highest BCUT2D eigenvalue weighted by molar-refractivity contribution is 5.32. The normalized spacial score (nSPS) is 18.4. The first kappa shape index (κ1) is 13.5. The van der Waals surface area contributed by atoms with Crippen molar-refractivity contribution in [3.8, 4) is 0 Å². The monoisotopic (exact) mass is 310 g/mol. The Morgan fingerprint density at radius 3 is 2.68 bits per heavy atom. The molecular weight excluding hydrogens is 297 g/mol. The molecule has 0 bridgehead atoms. The number of alkyl halides is 3. The zero-order valence-corrected chi connectivity index (χ0v) is 11.6. The van der Waals surface area contributed by atoms with Crippen LogP contribution in [0.3, 0.4) is 0 Å². The highest BCUT2D eigenvalue weighted by Gasteiger charge is 2.35. The predicted octanol–water partition coefficient (Wildman–Crippen LogP) is 1.98. The second-order valence-corrected chi connectivity index (χ2v) is 5.56. The van der Waals surface area contributed by atoms with Gasteiger partial charge in [-0.3, -0.25) is 0 Å². The number of anilines is 1. The van der Waals surface area contributed by atoms with Crippen molar-refractivity contribution < 1.29 is 13.2 Å². The summed E-state index contributed by atoms with van der Waals surface area (Å²) in [5.41, 5.74) is -0.928. The fourth-order valence-corrected chi connectivity index (χ4v) is 2.65. The van der Waals surface area contributed by atoms with Gasteiger partial charge in [-0.15, -0.1) is 10.2 Å². The zero-order valence-electron chi connectivity index (χ0n) is 11.6. The Labute approximate surface area is 124 Å². The van der Waals surface area contributed by atoms with Crippen LogP contribution in [-0.4, -0.2) is 31.3 Å². The van der Waals surface area contributed by atoms with Gasteiger partial charge in [0.1, 0.15) is 11.5 Å². The molecule has 22 heavy (non-hydrogen) atoms. The first-order chi connectivity index (χ1) is 10.5. The van der Waals surface area contributed by atoms with Crippen molar-refractivity contribution in [2.75, 3.05) is 11.4 Å². The lowest BCUT2D eigenvalue weighted by Crippen LogP contribution is -2.35. The zero-order chi connectivity index (χ0) is 15.3. The lowest BCUT2D eigenvalue weighted by Gasteiger charge is -2.28. The molecule has 0 saturated heterocycles. The second kappa shape index (κ2) is 4.65. The van der Waals surface area contributed by atoms with Gasteiger partial charge in [-0.2, -0.15) is 13.2 Å². The van der Waals surface area contributed by atoms with Crippen LogP contribution in [0.25, 0.3) is 0 Å². The lowest BCUT2D eigenvalue weighted by molar-refractivity contribution is -0.141. The molecule has 0 spiro atoms. The van der Waals surface area contributed by atoms with Crippen LogP contribution in [0.4, 0.5) is 19.1 Å². The van der Waals surface area contributed by atoms with Crippen LogP contribution < -0.4 is 4.90 Å². The van der Waals surface area contributed by atoms with Crippen LogP contribution in [0.2, 0.25) is 0 Å². The van der Waals surface area contributed by atoms with Gasteiger partial charge >= 0.3 is 6.18 Å². The molecule has 2 aliphatic rings. The summed E-state index contributed by atoms with van der Waals surface area (Å²) in [6, 6.07) is 0.876. The first-order valence-electron chi connectivity index (χ1n) is 7.09. The highest BCUT2D eigenvalue weighted by Crippen LogP contribution is 2.39. The van der Waals surface area contributed by atoms with Crippen molar-refractivity contribution in [1.29, 1.82) is 0 Å². The Kier molecular flexibility index (Phi) is 2.85. The number of halogens is 3. The largest absolute Gasteiger partial charge is 0.433 e. The van der Waals surface area contributed by atoms with Gasteiger partial charge < -0.3 is 9.47 Å². The fraction of sp³-hybridized carbons (Fsp3) is 0.538. The van der Waals surface area contributed by atoms with Crippen LogP contribution in [-0.2, 0) is 19.3 Å². The molecule has 0 aromatic carbocycles. The molecule has 0 unspecified atom stereocenters. The molecule has 0 amide bonds. The van der Waals surface area contributed by atoms with E-state index in [1.165, 1.54) is 0 Å². The van der Waals surface area contributed by atoms with Crippen molar-refractivity contribution in [3.63, 3.8) is 0 Å². The minimum absolute atomic E-state index is 0.0806. The number of fused-ring (bicyclic) bond motifs is 1. The smallest absolute Gasteiger partial charge is 0.331 e. The number of hydrogen-bond acceptors (Lipinski definition) is 5. The molecule has 1 aliphatic carbocycles. The maximum Gasteiger partial charge on any atom is 0.433 e. The van der Waals surface area contributed by atoms with Crippen molar-refractivity contribution in [2.24, 2.45) is 0 Å². The molecule has 4 rings (SSSR count). The summed E-state index contributed by atoms with van der Waals surface area (Å²) in [4.78, 5) is 9.29. The molecule has 116 valence electrons. The number of hydrogen-bond donors (Lipinski definition) is 0. The van der Waals surface area contributed by atoms with Crippen LogP contribution in [0.15, 0.2) is 12.3 Å². The van der Waals surface area contributed by atoms with E-state index >= 15 is 0 Å². The van der Waals surface area contributed by atoms with Gasteiger partial charge in [-0.25, -0.2) is 9.97 Å². The third-order valence-electron chi connectivity index (χ3n) is 3.94.